The van der Waals surface area contributed by atoms with Gasteiger partial charge in [-0.2, -0.15) is 0 Å². The standard InChI is InChI=1S/C25H21N/c1-3-10-19(11-4-2)20-12-9-13-21(18-20)26-24-16-7-5-14-22(24)23-15-6-8-17-25(23)26/h3-18H,1H2,2H3/b11-4-,19-10+. The van der Waals surface area contributed by atoms with Crippen LogP contribution in [0.3, 0.4) is 0 Å². The summed E-state index contributed by atoms with van der Waals surface area (Å²) < 4.78 is 2.34. The first-order valence-corrected chi connectivity index (χ1v) is 8.88. The van der Waals surface area contributed by atoms with Crippen LogP contribution in [0, 0.1) is 0 Å². The van der Waals surface area contributed by atoms with Crippen molar-refractivity contribution in [3.8, 4) is 5.69 Å². The third-order valence-electron chi connectivity index (χ3n) is 4.66. The molecule has 0 N–H and O–H groups in total. The maximum Gasteiger partial charge on any atom is 0.0541 e. The second-order valence-corrected chi connectivity index (χ2v) is 6.28. The number of rotatable bonds is 4. The Morgan fingerprint density at radius 1 is 0.846 bits per heavy atom. The van der Waals surface area contributed by atoms with E-state index in [1.165, 1.54) is 33.1 Å². The number of hydrogen-bond acceptors (Lipinski definition) is 0. The lowest BCUT2D eigenvalue weighted by Crippen LogP contribution is -1.94. The van der Waals surface area contributed by atoms with E-state index >= 15 is 0 Å². The number of benzene rings is 3. The molecule has 1 aromatic heterocycles. The molecule has 4 rings (SSSR count). The Morgan fingerprint density at radius 3 is 2.12 bits per heavy atom. The Balaban J connectivity index is 2.00. The molecule has 0 fully saturated rings. The van der Waals surface area contributed by atoms with E-state index in [9.17, 15) is 0 Å². The normalized spacial score (nSPS) is 12.3. The summed E-state index contributed by atoms with van der Waals surface area (Å²) in [5, 5.41) is 2.56. The Morgan fingerprint density at radius 2 is 1.50 bits per heavy atom. The fourth-order valence-electron chi connectivity index (χ4n) is 3.58. The molecule has 0 bridgehead atoms. The topological polar surface area (TPSA) is 4.93 Å². The monoisotopic (exact) mass is 335 g/mol. The van der Waals surface area contributed by atoms with Gasteiger partial charge in [0.15, 0.2) is 0 Å². The second-order valence-electron chi connectivity index (χ2n) is 6.28. The zero-order chi connectivity index (χ0) is 17.9. The molecule has 0 amide bonds. The van der Waals surface area contributed by atoms with Crippen LogP contribution in [0.25, 0.3) is 33.1 Å². The van der Waals surface area contributed by atoms with Crippen LogP contribution in [0.1, 0.15) is 12.5 Å². The molecule has 0 aliphatic rings. The maximum absolute atomic E-state index is 3.85. The van der Waals surface area contributed by atoms with Gasteiger partial charge in [0.2, 0.25) is 0 Å². The molecule has 0 aliphatic heterocycles. The number of aromatic nitrogens is 1. The molecule has 0 saturated heterocycles. The first-order valence-electron chi connectivity index (χ1n) is 8.88. The highest BCUT2D eigenvalue weighted by Gasteiger charge is 2.11. The minimum Gasteiger partial charge on any atom is -0.309 e. The molecule has 0 unspecified atom stereocenters. The van der Waals surface area contributed by atoms with E-state index in [2.05, 4.69) is 96.1 Å². The Hall–Kier alpha value is -3.32. The van der Waals surface area contributed by atoms with Crippen molar-refractivity contribution in [3.63, 3.8) is 0 Å². The third-order valence-corrected chi connectivity index (χ3v) is 4.66. The van der Waals surface area contributed by atoms with Crippen LogP contribution in [0.5, 0.6) is 0 Å². The fourth-order valence-corrected chi connectivity index (χ4v) is 3.58. The number of hydrogen-bond donors (Lipinski definition) is 0. The molecule has 0 saturated carbocycles. The number of nitrogens with zero attached hydrogens (tertiary/aromatic N) is 1. The zero-order valence-corrected chi connectivity index (χ0v) is 14.9. The largest absolute Gasteiger partial charge is 0.309 e. The lowest BCUT2D eigenvalue weighted by Gasteiger charge is -2.10. The van der Waals surface area contributed by atoms with Crippen LogP contribution in [-0.2, 0) is 0 Å². The molecule has 26 heavy (non-hydrogen) atoms. The van der Waals surface area contributed by atoms with Crippen LogP contribution in [-0.4, -0.2) is 4.57 Å². The van der Waals surface area contributed by atoms with Crippen molar-refractivity contribution < 1.29 is 0 Å². The lowest BCUT2D eigenvalue weighted by molar-refractivity contribution is 1.18. The van der Waals surface area contributed by atoms with E-state index in [0.717, 1.165) is 5.57 Å². The van der Waals surface area contributed by atoms with Crippen LogP contribution >= 0.6 is 0 Å². The highest BCUT2D eigenvalue weighted by atomic mass is 15.0. The van der Waals surface area contributed by atoms with Gasteiger partial charge in [-0.3, -0.25) is 0 Å². The van der Waals surface area contributed by atoms with E-state index in [-0.39, 0.29) is 0 Å². The summed E-state index contributed by atoms with van der Waals surface area (Å²) in [4.78, 5) is 0. The van der Waals surface area contributed by atoms with E-state index < -0.39 is 0 Å². The van der Waals surface area contributed by atoms with Crippen LogP contribution in [0.2, 0.25) is 0 Å². The van der Waals surface area contributed by atoms with Gasteiger partial charge in [0.05, 0.1) is 11.0 Å². The summed E-state index contributed by atoms with van der Waals surface area (Å²) in [7, 11) is 0. The molecule has 0 atom stereocenters. The Bertz CT molecular complexity index is 1100. The van der Waals surface area contributed by atoms with Gasteiger partial charge < -0.3 is 4.57 Å². The average molecular weight is 335 g/mol. The van der Waals surface area contributed by atoms with E-state index in [4.69, 9.17) is 0 Å². The summed E-state index contributed by atoms with van der Waals surface area (Å²) in [6.07, 6.45) is 8.06. The lowest BCUT2D eigenvalue weighted by atomic mass is 10.0. The SMILES string of the molecule is C=C/C=C(\C=C/C)c1cccc(-n2c3ccccc3c3ccccc32)c1. The van der Waals surface area contributed by atoms with E-state index in [1.54, 1.807) is 0 Å². The van der Waals surface area contributed by atoms with Crippen molar-refractivity contribution in [2.75, 3.05) is 0 Å². The zero-order valence-electron chi connectivity index (χ0n) is 14.9. The van der Waals surface area contributed by atoms with Gasteiger partial charge >= 0.3 is 0 Å². The predicted octanol–water partition coefficient (Wildman–Crippen LogP) is 6.93. The minimum atomic E-state index is 1.16. The van der Waals surface area contributed by atoms with E-state index in [0.29, 0.717) is 0 Å². The van der Waals surface area contributed by atoms with E-state index in [1.807, 2.05) is 19.1 Å². The predicted molar refractivity (Wildman–Crippen MR) is 114 cm³/mol. The van der Waals surface area contributed by atoms with Gasteiger partial charge in [0.25, 0.3) is 0 Å². The highest BCUT2D eigenvalue weighted by molar-refractivity contribution is 6.09. The van der Waals surface area contributed by atoms with Crippen molar-refractivity contribution >= 4 is 27.4 Å². The molecule has 3 aromatic carbocycles. The Labute approximate surface area is 154 Å². The fraction of sp³-hybridized carbons (Fsp3) is 0.0400. The maximum atomic E-state index is 3.85. The quantitative estimate of drug-likeness (QED) is 0.356. The summed E-state index contributed by atoms with van der Waals surface area (Å²) in [6.45, 7) is 5.88. The van der Waals surface area contributed by atoms with Gasteiger partial charge in [-0.25, -0.2) is 0 Å². The first-order chi connectivity index (χ1) is 12.8. The minimum absolute atomic E-state index is 1.16. The highest BCUT2D eigenvalue weighted by Crippen LogP contribution is 2.32. The molecule has 0 radical (unpaired) electrons. The van der Waals surface area contributed by atoms with Crippen LogP contribution < -0.4 is 0 Å². The summed E-state index contributed by atoms with van der Waals surface area (Å²) in [5.41, 5.74) is 5.96. The van der Waals surface area contributed by atoms with Crippen molar-refractivity contribution in [2.24, 2.45) is 0 Å². The van der Waals surface area contributed by atoms with Crippen LogP contribution in [0.4, 0.5) is 0 Å². The molecule has 1 heteroatoms. The van der Waals surface area contributed by atoms with Crippen LogP contribution in [0.15, 0.2) is 104 Å². The molecule has 1 heterocycles. The molecule has 4 aromatic rings. The second kappa shape index (κ2) is 6.89. The van der Waals surface area contributed by atoms with Gasteiger partial charge in [0, 0.05) is 16.5 Å². The average Bonchev–Trinajstić information content (AvgIpc) is 3.02. The molecular weight excluding hydrogens is 314 g/mol. The summed E-state index contributed by atoms with van der Waals surface area (Å²) in [6, 6.07) is 25.9. The number of para-hydroxylation sites is 2. The van der Waals surface area contributed by atoms with Gasteiger partial charge in [-0.05, 0) is 42.3 Å². The summed E-state index contributed by atoms with van der Waals surface area (Å²) >= 11 is 0. The van der Waals surface area contributed by atoms with Gasteiger partial charge in [0.1, 0.15) is 0 Å². The van der Waals surface area contributed by atoms with Crippen molar-refractivity contribution in [2.45, 2.75) is 6.92 Å². The van der Waals surface area contributed by atoms with Crippen molar-refractivity contribution in [3.05, 3.63) is 109 Å². The molecule has 126 valence electrons. The molecule has 1 nitrogen and oxygen atoms in total. The van der Waals surface area contributed by atoms with Crippen molar-refractivity contribution in [1.29, 1.82) is 0 Å². The van der Waals surface area contributed by atoms with Gasteiger partial charge in [-0.15, -0.1) is 0 Å². The molecule has 0 spiro atoms. The first kappa shape index (κ1) is 16.2. The molecular formula is C25H21N. The van der Waals surface area contributed by atoms with Gasteiger partial charge in [-0.1, -0.05) is 79.4 Å². The number of fused-ring (bicyclic) bond motifs is 3. The smallest absolute Gasteiger partial charge is 0.0541 e. The van der Waals surface area contributed by atoms with Crippen molar-refractivity contribution in [1.82, 2.24) is 4.57 Å². The number of allylic oxidation sites excluding steroid dienone is 5. The molecule has 0 aliphatic carbocycles. The Kier molecular flexibility index (Phi) is 4.28. The summed E-state index contributed by atoms with van der Waals surface area (Å²) in [5.74, 6) is 0. The third kappa shape index (κ3) is 2.68.